The normalized spacial score (nSPS) is 20.8. The van der Waals surface area contributed by atoms with Crippen LogP contribution in [-0.2, 0) is 11.4 Å². The van der Waals surface area contributed by atoms with E-state index in [9.17, 15) is 14.3 Å². The fourth-order valence-corrected chi connectivity index (χ4v) is 4.02. The molecule has 0 spiro atoms. The van der Waals surface area contributed by atoms with Crippen LogP contribution < -0.4 is 4.74 Å². The van der Waals surface area contributed by atoms with Crippen molar-refractivity contribution in [1.82, 2.24) is 0 Å². The van der Waals surface area contributed by atoms with Crippen molar-refractivity contribution in [2.45, 2.75) is 38.4 Å². The lowest BCUT2D eigenvalue weighted by Crippen LogP contribution is -2.29. The first-order valence-electron chi connectivity index (χ1n) is 7.95. The third kappa shape index (κ3) is 3.60. The Morgan fingerprint density at radius 2 is 2.17 bits per heavy atom. The smallest absolute Gasteiger partial charge is 0.306 e. The van der Waals surface area contributed by atoms with Crippen LogP contribution in [0.3, 0.4) is 0 Å². The Bertz CT molecular complexity index is 728. The summed E-state index contributed by atoms with van der Waals surface area (Å²) in [7, 11) is 0. The number of halogens is 1. The molecule has 0 aliphatic heterocycles. The number of thiophene rings is 1. The zero-order valence-electron chi connectivity index (χ0n) is 13.1. The molecule has 3 rings (SSSR count). The molecule has 0 bridgehead atoms. The predicted molar refractivity (Wildman–Crippen MR) is 89.6 cm³/mol. The van der Waals surface area contributed by atoms with E-state index in [1.807, 2.05) is 11.4 Å². The van der Waals surface area contributed by atoms with Crippen LogP contribution in [-0.4, -0.2) is 22.3 Å². The summed E-state index contributed by atoms with van der Waals surface area (Å²) in [4.78, 5) is 11.9. The fraction of sp³-hybridized carbons (Fsp3) is 0.389. The molecular weight excluding hydrogens is 331 g/mol. The molecule has 1 aliphatic carbocycles. The summed E-state index contributed by atoms with van der Waals surface area (Å²) in [6.45, 7) is -0.0860. The van der Waals surface area contributed by atoms with E-state index in [0.717, 1.165) is 23.3 Å². The highest BCUT2D eigenvalue weighted by atomic mass is 32.1. The summed E-state index contributed by atoms with van der Waals surface area (Å²) in [5, 5.41) is 20.3. The second kappa shape index (κ2) is 7.32. The van der Waals surface area contributed by atoms with E-state index in [0.29, 0.717) is 18.4 Å². The first-order valence-corrected chi connectivity index (χ1v) is 8.83. The van der Waals surface area contributed by atoms with Gasteiger partial charge in [0.25, 0.3) is 0 Å². The highest BCUT2D eigenvalue weighted by molar-refractivity contribution is 7.13. The Kier molecular flexibility index (Phi) is 5.16. The fourth-order valence-electron chi connectivity index (χ4n) is 3.11. The van der Waals surface area contributed by atoms with Crippen LogP contribution in [0.15, 0.2) is 29.6 Å². The number of carboxylic acids is 1. The summed E-state index contributed by atoms with van der Waals surface area (Å²) in [6, 6.07) is 6.56. The van der Waals surface area contributed by atoms with Crippen LogP contribution >= 0.6 is 11.3 Å². The summed E-state index contributed by atoms with van der Waals surface area (Å²) in [6.07, 6.45) is 2.31. The minimum atomic E-state index is -0.812. The van der Waals surface area contributed by atoms with Gasteiger partial charge < -0.3 is 14.9 Å². The molecule has 1 heterocycles. The average Bonchev–Trinajstić information content (AvgIpc) is 3.05. The van der Waals surface area contributed by atoms with E-state index in [2.05, 4.69) is 0 Å². The lowest BCUT2D eigenvalue weighted by atomic mass is 9.87. The number of benzene rings is 1. The number of aliphatic hydroxyl groups is 1. The second-order valence-corrected chi connectivity index (χ2v) is 6.94. The van der Waals surface area contributed by atoms with Gasteiger partial charge in [0.05, 0.1) is 18.6 Å². The number of aliphatic carboxylic acids is 1. The molecule has 2 atom stereocenters. The van der Waals surface area contributed by atoms with Gasteiger partial charge in [-0.1, -0.05) is 0 Å². The standard InChI is InChI=1S/C18H19FO4S/c19-15-9-11(17-13(10-20)6-7-24-17)4-5-16(15)23-14-3-1-2-12(8-14)18(21)22/h4-7,9,12,14,20H,1-3,8,10H2,(H,21,22)/t12-,14-/m0/s1. The first kappa shape index (κ1) is 16.9. The number of carbonyl (C=O) groups is 1. The van der Waals surface area contributed by atoms with Crippen molar-refractivity contribution in [3.8, 4) is 16.2 Å². The van der Waals surface area contributed by atoms with Crippen molar-refractivity contribution >= 4 is 17.3 Å². The Labute approximate surface area is 143 Å². The molecule has 2 N–H and O–H groups in total. The van der Waals surface area contributed by atoms with E-state index in [-0.39, 0.29) is 18.5 Å². The van der Waals surface area contributed by atoms with Crippen molar-refractivity contribution in [3.63, 3.8) is 0 Å². The topological polar surface area (TPSA) is 66.8 Å². The highest BCUT2D eigenvalue weighted by Crippen LogP contribution is 2.34. The zero-order valence-corrected chi connectivity index (χ0v) is 13.9. The average molecular weight is 350 g/mol. The van der Waals surface area contributed by atoms with Crippen LogP contribution in [0.4, 0.5) is 4.39 Å². The lowest BCUT2D eigenvalue weighted by Gasteiger charge is -2.27. The zero-order chi connectivity index (χ0) is 17.1. The van der Waals surface area contributed by atoms with E-state index in [4.69, 9.17) is 9.84 Å². The maximum Gasteiger partial charge on any atom is 0.306 e. The van der Waals surface area contributed by atoms with Crippen LogP contribution in [0.2, 0.25) is 0 Å². The number of ether oxygens (including phenoxy) is 1. The summed E-state index contributed by atoms with van der Waals surface area (Å²) in [5.74, 6) is -1.54. The van der Waals surface area contributed by atoms with Gasteiger partial charge in [0, 0.05) is 4.88 Å². The lowest BCUT2D eigenvalue weighted by molar-refractivity contribution is -0.143. The van der Waals surface area contributed by atoms with E-state index in [1.54, 1.807) is 12.1 Å². The number of hydrogen-bond acceptors (Lipinski definition) is 4. The third-order valence-corrected chi connectivity index (χ3v) is 5.39. The third-order valence-electron chi connectivity index (χ3n) is 4.38. The molecule has 0 unspecified atom stereocenters. The Hall–Kier alpha value is -1.92. The van der Waals surface area contributed by atoms with E-state index in [1.165, 1.54) is 17.4 Å². The monoisotopic (exact) mass is 350 g/mol. The van der Waals surface area contributed by atoms with Crippen LogP contribution in [0, 0.1) is 11.7 Å². The van der Waals surface area contributed by atoms with Gasteiger partial charge in [-0.05, 0) is 66.5 Å². The predicted octanol–water partition coefficient (Wildman–Crippen LogP) is 4.07. The molecule has 128 valence electrons. The van der Waals surface area contributed by atoms with Crippen LogP contribution in [0.25, 0.3) is 10.4 Å². The molecule has 1 aromatic carbocycles. The summed E-state index contributed by atoms with van der Waals surface area (Å²) >= 11 is 1.45. The molecule has 1 aromatic heterocycles. The summed E-state index contributed by atoms with van der Waals surface area (Å²) in [5.41, 5.74) is 1.47. The molecule has 6 heteroatoms. The Morgan fingerprint density at radius 1 is 1.33 bits per heavy atom. The van der Waals surface area contributed by atoms with Crippen molar-refractivity contribution in [3.05, 3.63) is 41.0 Å². The molecule has 1 saturated carbocycles. The second-order valence-electron chi connectivity index (χ2n) is 6.02. The van der Waals surface area contributed by atoms with Crippen molar-refractivity contribution in [1.29, 1.82) is 0 Å². The molecule has 1 fully saturated rings. The quantitative estimate of drug-likeness (QED) is 0.853. The van der Waals surface area contributed by atoms with Gasteiger partial charge in [0.1, 0.15) is 0 Å². The van der Waals surface area contributed by atoms with Crippen LogP contribution in [0.1, 0.15) is 31.2 Å². The Balaban J connectivity index is 1.74. The molecule has 4 nitrogen and oxygen atoms in total. The van der Waals surface area contributed by atoms with Gasteiger partial charge in [0.2, 0.25) is 0 Å². The largest absolute Gasteiger partial charge is 0.487 e. The molecule has 0 amide bonds. The number of hydrogen-bond donors (Lipinski definition) is 2. The molecular formula is C18H19FO4S. The van der Waals surface area contributed by atoms with E-state index < -0.39 is 17.7 Å². The molecule has 24 heavy (non-hydrogen) atoms. The first-order chi connectivity index (χ1) is 11.6. The highest BCUT2D eigenvalue weighted by Gasteiger charge is 2.28. The number of aliphatic hydroxyl groups excluding tert-OH is 1. The van der Waals surface area contributed by atoms with E-state index >= 15 is 0 Å². The van der Waals surface area contributed by atoms with Gasteiger partial charge >= 0.3 is 5.97 Å². The molecule has 0 saturated heterocycles. The molecule has 0 radical (unpaired) electrons. The summed E-state index contributed by atoms with van der Waals surface area (Å²) < 4.78 is 20.1. The molecule has 1 aliphatic rings. The van der Waals surface area contributed by atoms with Gasteiger partial charge in [-0.2, -0.15) is 0 Å². The van der Waals surface area contributed by atoms with Gasteiger partial charge in [-0.3, -0.25) is 4.79 Å². The van der Waals surface area contributed by atoms with Gasteiger partial charge in [0.15, 0.2) is 11.6 Å². The van der Waals surface area contributed by atoms with Crippen LogP contribution in [0.5, 0.6) is 5.75 Å². The number of rotatable bonds is 5. The Morgan fingerprint density at radius 3 is 2.88 bits per heavy atom. The SMILES string of the molecule is O=C(O)[C@H]1CCC[C@H](Oc2ccc(-c3sccc3CO)cc2F)C1. The minimum absolute atomic E-state index is 0.0860. The van der Waals surface area contributed by atoms with Crippen molar-refractivity contribution in [2.24, 2.45) is 5.92 Å². The van der Waals surface area contributed by atoms with Gasteiger partial charge in [-0.25, -0.2) is 4.39 Å². The minimum Gasteiger partial charge on any atom is -0.487 e. The van der Waals surface area contributed by atoms with Crippen molar-refractivity contribution in [2.75, 3.05) is 0 Å². The van der Waals surface area contributed by atoms with Crippen molar-refractivity contribution < 1.29 is 24.1 Å². The maximum atomic E-state index is 14.4. The maximum absolute atomic E-state index is 14.4. The molecule has 2 aromatic rings. The van der Waals surface area contributed by atoms with Gasteiger partial charge in [-0.15, -0.1) is 11.3 Å². The number of carboxylic acid groups (broad SMARTS) is 1.